The van der Waals surface area contributed by atoms with Crippen molar-refractivity contribution in [2.45, 2.75) is 6.10 Å². The zero-order chi connectivity index (χ0) is 15.0. The predicted molar refractivity (Wildman–Crippen MR) is 66.8 cm³/mol. The number of aromatic nitrogens is 4. The summed E-state index contributed by atoms with van der Waals surface area (Å²) in [6, 6.07) is 0. The third-order valence-electron chi connectivity index (χ3n) is 2.83. The first-order chi connectivity index (χ1) is 9.32. The third-order valence-corrected chi connectivity index (χ3v) is 2.83. The molecule has 0 aliphatic rings. The number of aliphatic hydroxyl groups excluding tert-OH is 1. The Morgan fingerprint density at radius 1 is 1.40 bits per heavy atom. The molecule has 1 atom stereocenters. The molecular formula is C10H11N5O5. The van der Waals surface area contributed by atoms with Crippen molar-refractivity contribution in [3.05, 3.63) is 42.8 Å². The maximum atomic E-state index is 11.9. The van der Waals surface area contributed by atoms with E-state index in [9.17, 15) is 24.8 Å². The first kappa shape index (κ1) is 13.8. The minimum absolute atomic E-state index is 0.0511. The summed E-state index contributed by atoms with van der Waals surface area (Å²) in [7, 11) is 2.71. The molecule has 106 valence electrons. The van der Waals surface area contributed by atoms with Crippen LogP contribution in [0.25, 0.3) is 11.2 Å². The normalized spacial score (nSPS) is 12.6. The molecule has 0 bridgehead atoms. The molecule has 20 heavy (non-hydrogen) atoms. The molecule has 0 aliphatic heterocycles. The van der Waals surface area contributed by atoms with Crippen molar-refractivity contribution < 1.29 is 10.0 Å². The van der Waals surface area contributed by atoms with Crippen LogP contribution in [0.5, 0.6) is 0 Å². The van der Waals surface area contributed by atoms with Crippen LogP contribution in [0.4, 0.5) is 0 Å². The number of nitro groups is 1. The number of aliphatic hydroxyl groups is 1. The molecule has 10 heteroatoms. The van der Waals surface area contributed by atoms with Gasteiger partial charge in [0.2, 0.25) is 6.54 Å². The molecule has 1 unspecified atom stereocenters. The molecule has 0 aliphatic carbocycles. The molecule has 0 radical (unpaired) electrons. The molecule has 0 saturated carbocycles. The van der Waals surface area contributed by atoms with Crippen LogP contribution in [0.15, 0.2) is 15.8 Å². The fraction of sp³-hybridized carbons (Fsp3) is 0.400. The summed E-state index contributed by atoms with van der Waals surface area (Å²) in [5.74, 6) is 0. The van der Waals surface area contributed by atoms with Crippen LogP contribution in [-0.4, -0.2) is 35.7 Å². The van der Waals surface area contributed by atoms with Crippen molar-refractivity contribution in [3.63, 3.8) is 0 Å². The minimum Gasteiger partial charge on any atom is -0.380 e. The lowest BCUT2D eigenvalue weighted by Crippen LogP contribution is -2.38. The van der Waals surface area contributed by atoms with Gasteiger partial charge in [0.05, 0.1) is 11.9 Å². The molecule has 0 spiro atoms. The summed E-state index contributed by atoms with van der Waals surface area (Å²) >= 11 is 0. The fourth-order valence-electron chi connectivity index (χ4n) is 1.74. The van der Waals surface area contributed by atoms with Gasteiger partial charge in [0.25, 0.3) is 5.56 Å². The molecule has 1 N–H and O–H groups in total. The Morgan fingerprint density at radius 2 is 2.05 bits per heavy atom. The predicted octanol–water partition coefficient (Wildman–Crippen LogP) is -1.66. The van der Waals surface area contributed by atoms with Gasteiger partial charge in [-0.05, 0) is 0 Å². The molecule has 0 saturated heterocycles. The highest BCUT2D eigenvalue weighted by Gasteiger charge is 2.19. The van der Waals surface area contributed by atoms with Crippen LogP contribution >= 0.6 is 0 Å². The van der Waals surface area contributed by atoms with Crippen LogP contribution in [0.1, 0.15) is 11.8 Å². The average molecular weight is 281 g/mol. The quantitative estimate of drug-likeness (QED) is 0.525. The number of hydrogen-bond donors (Lipinski definition) is 1. The summed E-state index contributed by atoms with van der Waals surface area (Å²) in [5.41, 5.74) is -1.41. The Labute approximate surface area is 111 Å². The highest BCUT2D eigenvalue weighted by Crippen LogP contribution is 2.11. The van der Waals surface area contributed by atoms with Crippen LogP contribution in [0.3, 0.4) is 0 Å². The maximum absolute atomic E-state index is 11.9. The standard InChI is InChI=1S/C10H11N5O5/c1-13-8-7(9(17)14(2)10(13)18)12-5(3-11-8)6(16)4-15(19)20/h3,6,16H,4H2,1-2H3. The Bertz CT molecular complexity index is 808. The summed E-state index contributed by atoms with van der Waals surface area (Å²) in [6.45, 7) is -0.744. The number of fused-ring (bicyclic) bond motifs is 1. The molecule has 2 aromatic rings. The number of nitrogens with zero attached hydrogens (tertiary/aromatic N) is 5. The topological polar surface area (TPSA) is 133 Å². The van der Waals surface area contributed by atoms with Crippen molar-refractivity contribution in [1.82, 2.24) is 19.1 Å². The fourth-order valence-corrected chi connectivity index (χ4v) is 1.74. The van der Waals surface area contributed by atoms with Gasteiger partial charge in [-0.3, -0.25) is 24.0 Å². The van der Waals surface area contributed by atoms with E-state index in [1.54, 1.807) is 0 Å². The van der Waals surface area contributed by atoms with Gasteiger partial charge >= 0.3 is 5.69 Å². The molecule has 0 amide bonds. The van der Waals surface area contributed by atoms with Crippen molar-refractivity contribution in [3.8, 4) is 0 Å². The van der Waals surface area contributed by atoms with E-state index < -0.39 is 28.8 Å². The van der Waals surface area contributed by atoms with Crippen LogP contribution < -0.4 is 11.2 Å². The van der Waals surface area contributed by atoms with E-state index in [-0.39, 0.29) is 16.9 Å². The van der Waals surface area contributed by atoms with Gasteiger partial charge in [0, 0.05) is 19.0 Å². The van der Waals surface area contributed by atoms with E-state index in [0.717, 1.165) is 15.3 Å². The SMILES string of the molecule is Cn1c(=O)c2nc(C(O)C[N+](=O)[O-])cnc2n(C)c1=O. The van der Waals surface area contributed by atoms with Crippen molar-refractivity contribution in [2.75, 3.05) is 6.54 Å². The van der Waals surface area contributed by atoms with Crippen LogP contribution in [0, 0.1) is 10.1 Å². The lowest BCUT2D eigenvalue weighted by Gasteiger charge is -2.09. The number of rotatable bonds is 3. The second-order valence-corrected chi connectivity index (χ2v) is 4.20. The van der Waals surface area contributed by atoms with Gasteiger partial charge in [-0.25, -0.2) is 14.8 Å². The Kier molecular flexibility index (Phi) is 3.32. The van der Waals surface area contributed by atoms with Gasteiger partial charge in [0.15, 0.2) is 17.3 Å². The van der Waals surface area contributed by atoms with E-state index in [1.165, 1.54) is 14.1 Å². The largest absolute Gasteiger partial charge is 0.380 e. The second-order valence-electron chi connectivity index (χ2n) is 4.20. The molecule has 2 heterocycles. The molecule has 2 rings (SSSR count). The average Bonchev–Trinajstić information content (AvgIpc) is 2.41. The minimum atomic E-state index is -1.47. The molecule has 0 aromatic carbocycles. The maximum Gasteiger partial charge on any atom is 0.332 e. The molecular weight excluding hydrogens is 270 g/mol. The van der Waals surface area contributed by atoms with Crippen molar-refractivity contribution >= 4 is 11.2 Å². The van der Waals surface area contributed by atoms with E-state index >= 15 is 0 Å². The molecule has 0 fully saturated rings. The Hall–Kier alpha value is -2.62. The van der Waals surface area contributed by atoms with Crippen LogP contribution in [0.2, 0.25) is 0 Å². The van der Waals surface area contributed by atoms with E-state index in [2.05, 4.69) is 9.97 Å². The molecule has 2 aromatic heterocycles. The summed E-state index contributed by atoms with van der Waals surface area (Å²) < 4.78 is 1.98. The third kappa shape index (κ3) is 2.16. The lowest BCUT2D eigenvalue weighted by molar-refractivity contribution is -0.491. The first-order valence-corrected chi connectivity index (χ1v) is 5.55. The number of aryl methyl sites for hydroxylation is 1. The van der Waals surface area contributed by atoms with Gasteiger partial charge in [-0.2, -0.15) is 0 Å². The summed E-state index contributed by atoms with van der Waals surface area (Å²) in [6.07, 6.45) is -0.362. The van der Waals surface area contributed by atoms with Crippen molar-refractivity contribution in [2.24, 2.45) is 14.1 Å². The Morgan fingerprint density at radius 3 is 2.65 bits per heavy atom. The summed E-state index contributed by atoms with van der Waals surface area (Å²) in [5, 5.41) is 20.0. The number of hydrogen-bond acceptors (Lipinski definition) is 7. The smallest absolute Gasteiger partial charge is 0.332 e. The van der Waals surface area contributed by atoms with Gasteiger partial charge < -0.3 is 5.11 Å². The second kappa shape index (κ2) is 4.81. The first-order valence-electron chi connectivity index (χ1n) is 5.55. The van der Waals surface area contributed by atoms with Gasteiger partial charge in [0.1, 0.15) is 0 Å². The van der Waals surface area contributed by atoms with Gasteiger partial charge in [-0.15, -0.1) is 0 Å². The van der Waals surface area contributed by atoms with Gasteiger partial charge in [-0.1, -0.05) is 0 Å². The zero-order valence-electron chi connectivity index (χ0n) is 10.7. The van der Waals surface area contributed by atoms with E-state index in [0.29, 0.717) is 0 Å². The highest BCUT2D eigenvalue weighted by atomic mass is 16.6. The van der Waals surface area contributed by atoms with Crippen molar-refractivity contribution in [1.29, 1.82) is 0 Å². The van der Waals surface area contributed by atoms with E-state index in [1.807, 2.05) is 0 Å². The van der Waals surface area contributed by atoms with Crippen LogP contribution in [-0.2, 0) is 14.1 Å². The monoisotopic (exact) mass is 281 g/mol. The van der Waals surface area contributed by atoms with E-state index in [4.69, 9.17) is 0 Å². The lowest BCUT2D eigenvalue weighted by atomic mass is 10.2. The zero-order valence-corrected chi connectivity index (χ0v) is 10.7. The Balaban J connectivity index is 2.69. The molecule has 10 nitrogen and oxygen atoms in total. The summed E-state index contributed by atoms with van der Waals surface area (Å²) in [4.78, 5) is 41.0. The highest BCUT2D eigenvalue weighted by molar-refractivity contribution is 5.68.